The molecule has 1 saturated heterocycles. The van der Waals surface area contributed by atoms with Crippen molar-refractivity contribution in [2.45, 2.75) is 38.6 Å². The zero-order chi connectivity index (χ0) is 22.1. The standard InChI is InChI=1S/C22H27ClN2O4S/c1-14-11-16(3)19(12-15(14)2)17(4)24-22(26)20-13-18(5-6-21(20)23)30(27,28)25-7-9-29-10-8-25/h5-6,11-13,17H,7-10H2,1-4H3,(H,24,26)/t17-/m1/s1. The van der Waals surface area contributed by atoms with E-state index >= 15 is 0 Å². The molecule has 3 rings (SSSR count). The number of carbonyl (C=O) groups is 1. The van der Waals surface area contributed by atoms with Crippen LogP contribution in [0.2, 0.25) is 5.02 Å². The minimum Gasteiger partial charge on any atom is -0.379 e. The fraction of sp³-hybridized carbons (Fsp3) is 0.409. The topological polar surface area (TPSA) is 75.7 Å². The van der Waals surface area contributed by atoms with Crippen LogP contribution in [-0.4, -0.2) is 44.9 Å². The Hall–Kier alpha value is -1.93. The maximum absolute atomic E-state index is 12.9. The van der Waals surface area contributed by atoms with Gasteiger partial charge in [-0.1, -0.05) is 23.7 Å². The Labute approximate surface area is 183 Å². The molecule has 1 N–H and O–H groups in total. The quantitative estimate of drug-likeness (QED) is 0.752. The summed E-state index contributed by atoms with van der Waals surface area (Å²) in [7, 11) is -3.72. The van der Waals surface area contributed by atoms with Crippen LogP contribution in [-0.2, 0) is 14.8 Å². The van der Waals surface area contributed by atoms with Crippen LogP contribution in [0.5, 0.6) is 0 Å². The average Bonchev–Trinajstić information content (AvgIpc) is 2.71. The number of carbonyl (C=O) groups excluding carboxylic acids is 1. The second-order valence-corrected chi connectivity index (χ2v) is 9.99. The number of aryl methyl sites for hydroxylation is 3. The van der Waals surface area contributed by atoms with Gasteiger partial charge in [0.1, 0.15) is 0 Å². The number of sulfonamides is 1. The van der Waals surface area contributed by atoms with Crippen molar-refractivity contribution in [1.29, 1.82) is 0 Å². The van der Waals surface area contributed by atoms with Crippen molar-refractivity contribution in [3.8, 4) is 0 Å². The molecule has 6 nitrogen and oxygen atoms in total. The molecule has 1 heterocycles. The highest BCUT2D eigenvalue weighted by molar-refractivity contribution is 7.89. The number of hydrogen-bond acceptors (Lipinski definition) is 4. The lowest BCUT2D eigenvalue weighted by Crippen LogP contribution is -2.40. The first-order valence-corrected chi connectivity index (χ1v) is 11.7. The Bertz CT molecular complexity index is 1060. The van der Waals surface area contributed by atoms with Crippen LogP contribution in [0.1, 0.15) is 45.6 Å². The van der Waals surface area contributed by atoms with Crippen molar-refractivity contribution >= 4 is 27.5 Å². The van der Waals surface area contributed by atoms with E-state index in [2.05, 4.69) is 24.4 Å². The van der Waals surface area contributed by atoms with Crippen LogP contribution in [0.4, 0.5) is 0 Å². The van der Waals surface area contributed by atoms with E-state index in [-0.39, 0.29) is 34.6 Å². The molecule has 0 aromatic heterocycles. The molecule has 2 aromatic rings. The third-order valence-corrected chi connectivity index (χ3v) is 7.71. The van der Waals surface area contributed by atoms with Gasteiger partial charge in [0.15, 0.2) is 0 Å². The first-order valence-electron chi connectivity index (χ1n) is 9.87. The van der Waals surface area contributed by atoms with Gasteiger partial charge in [-0.05, 0) is 68.1 Å². The highest BCUT2D eigenvalue weighted by Gasteiger charge is 2.28. The van der Waals surface area contributed by atoms with Gasteiger partial charge in [-0.3, -0.25) is 4.79 Å². The molecule has 1 aliphatic heterocycles. The van der Waals surface area contributed by atoms with Gasteiger partial charge in [-0.2, -0.15) is 4.31 Å². The summed E-state index contributed by atoms with van der Waals surface area (Å²) in [6.45, 7) is 9.27. The first-order chi connectivity index (χ1) is 14.1. The van der Waals surface area contributed by atoms with Gasteiger partial charge in [0.05, 0.1) is 34.7 Å². The molecule has 2 aromatic carbocycles. The fourth-order valence-electron chi connectivity index (χ4n) is 3.58. The Kier molecular flexibility index (Phi) is 6.87. The molecule has 0 saturated carbocycles. The molecule has 1 amide bonds. The van der Waals surface area contributed by atoms with Crippen LogP contribution >= 0.6 is 11.6 Å². The maximum Gasteiger partial charge on any atom is 0.253 e. The smallest absolute Gasteiger partial charge is 0.253 e. The van der Waals surface area contributed by atoms with Gasteiger partial charge in [0.2, 0.25) is 10.0 Å². The molecule has 0 radical (unpaired) electrons. The summed E-state index contributed by atoms with van der Waals surface area (Å²) < 4.78 is 32.4. The number of benzene rings is 2. The molecule has 30 heavy (non-hydrogen) atoms. The molecule has 1 atom stereocenters. The molecule has 0 aliphatic carbocycles. The summed E-state index contributed by atoms with van der Waals surface area (Å²) in [5.74, 6) is -0.413. The zero-order valence-electron chi connectivity index (χ0n) is 17.7. The monoisotopic (exact) mass is 450 g/mol. The van der Waals surface area contributed by atoms with Gasteiger partial charge in [-0.15, -0.1) is 0 Å². The maximum atomic E-state index is 12.9. The van der Waals surface area contributed by atoms with Crippen molar-refractivity contribution in [3.05, 3.63) is 63.2 Å². The Balaban J connectivity index is 1.86. The summed E-state index contributed by atoms with van der Waals surface area (Å²) in [5.41, 5.74) is 4.58. The van der Waals surface area contributed by atoms with Gasteiger partial charge in [-0.25, -0.2) is 8.42 Å². The van der Waals surface area contributed by atoms with E-state index in [9.17, 15) is 13.2 Å². The lowest BCUT2D eigenvalue weighted by Gasteiger charge is -2.26. The number of nitrogens with zero attached hydrogens (tertiary/aromatic N) is 1. The summed E-state index contributed by atoms with van der Waals surface area (Å²) in [4.78, 5) is 13.0. The van der Waals surface area contributed by atoms with Gasteiger partial charge < -0.3 is 10.1 Å². The summed E-state index contributed by atoms with van der Waals surface area (Å²) in [6, 6.07) is 8.14. The highest BCUT2D eigenvalue weighted by Crippen LogP contribution is 2.26. The van der Waals surface area contributed by atoms with Crippen LogP contribution in [0, 0.1) is 20.8 Å². The summed E-state index contributed by atoms with van der Waals surface area (Å²) >= 11 is 6.24. The Morgan fingerprint density at radius 3 is 2.37 bits per heavy atom. The van der Waals surface area contributed by atoms with E-state index in [0.29, 0.717) is 13.2 Å². The Morgan fingerprint density at radius 1 is 1.07 bits per heavy atom. The fourth-order valence-corrected chi connectivity index (χ4v) is 5.21. The van der Waals surface area contributed by atoms with Crippen LogP contribution < -0.4 is 5.32 Å². The molecule has 8 heteroatoms. The van der Waals surface area contributed by atoms with Crippen LogP contribution in [0.3, 0.4) is 0 Å². The van der Waals surface area contributed by atoms with Gasteiger partial charge in [0.25, 0.3) is 5.91 Å². The second-order valence-electron chi connectivity index (χ2n) is 7.65. The molecule has 0 spiro atoms. The molecule has 0 unspecified atom stereocenters. The highest BCUT2D eigenvalue weighted by atomic mass is 35.5. The number of amides is 1. The number of nitrogens with one attached hydrogen (secondary N) is 1. The normalized spacial score (nSPS) is 16.3. The van der Waals surface area contributed by atoms with Gasteiger partial charge in [0, 0.05) is 13.1 Å². The lowest BCUT2D eigenvalue weighted by molar-refractivity contribution is 0.0730. The predicted molar refractivity (Wildman–Crippen MR) is 118 cm³/mol. The average molecular weight is 451 g/mol. The van der Waals surface area contributed by atoms with E-state index in [1.54, 1.807) is 0 Å². The first kappa shape index (κ1) is 22.7. The molecule has 1 fully saturated rings. The molecular weight excluding hydrogens is 424 g/mol. The minimum atomic E-state index is -3.72. The van der Waals surface area contributed by atoms with Crippen molar-refractivity contribution in [1.82, 2.24) is 9.62 Å². The number of ether oxygens (including phenoxy) is 1. The van der Waals surface area contributed by atoms with Crippen LogP contribution in [0.25, 0.3) is 0 Å². The third kappa shape index (κ3) is 4.70. The van der Waals surface area contributed by atoms with Crippen molar-refractivity contribution in [2.75, 3.05) is 26.3 Å². The number of morpholine rings is 1. The molecule has 0 bridgehead atoms. The van der Waals surface area contributed by atoms with E-state index in [1.165, 1.54) is 28.1 Å². The zero-order valence-corrected chi connectivity index (χ0v) is 19.2. The van der Waals surface area contributed by atoms with E-state index in [4.69, 9.17) is 16.3 Å². The summed E-state index contributed by atoms with van der Waals surface area (Å²) in [6.07, 6.45) is 0. The number of hydrogen-bond donors (Lipinski definition) is 1. The Morgan fingerprint density at radius 2 is 1.70 bits per heavy atom. The molecular formula is C22H27ClN2O4S. The molecule has 1 aliphatic rings. The summed E-state index contributed by atoms with van der Waals surface area (Å²) in [5, 5.41) is 3.15. The van der Waals surface area contributed by atoms with Crippen molar-refractivity contribution in [3.63, 3.8) is 0 Å². The van der Waals surface area contributed by atoms with E-state index < -0.39 is 15.9 Å². The number of rotatable bonds is 5. The largest absolute Gasteiger partial charge is 0.379 e. The van der Waals surface area contributed by atoms with Crippen LogP contribution in [0.15, 0.2) is 35.2 Å². The van der Waals surface area contributed by atoms with Crippen molar-refractivity contribution < 1.29 is 17.9 Å². The van der Waals surface area contributed by atoms with E-state index in [0.717, 1.165) is 16.7 Å². The second kappa shape index (κ2) is 9.06. The third-order valence-electron chi connectivity index (χ3n) is 5.49. The molecule has 162 valence electrons. The number of halogens is 1. The lowest BCUT2D eigenvalue weighted by atomic mass is 9.96. The van der Waals surface area contributed by atoms with E-state index in [1.807, 2.05) is 20.8 Å². The predicted octanol–water partition coefficient (Wildman–Crippen LogP) is 3.78. The minimum absolute atomic E-state index is 0.0500. The van der Waals surface area contributed by atoms with Crippen molar-refractivity contribution in [2.24, 2.45) is 0 Å². The van der Waals surface area contributed by atoms with Gasteiger partial charge >= 0.3 is 0 Å². The SMILES string of the molecule is Cc1cc(C)c([C@@H](C)NC(=O)c2cc(S(=O)(=O)N3CCOCC3)ccc2Cl)cc1C.